The number of aromatic nitrogens is 2. The van der Waals surface area contributed by atoms with E-state index in [4.69, 9.17) is 5.73 Å². The van der Waals surface area contributed by atoms with Crippen molar-refractivity contribution in [2.45, 2.75) is 38.0 Å². The second-order valence-electron chi connectivity index (χ2n) is 9.29. The molecule has 0 saturated carbocycles. The number of alkyl halides is 3. The highest BCUT2D eigenvalue weighted by atomic mass is 19.4. The summed E-state index contributed by atoms with van der Waals surface area (Å²) in [5.41, 5.74) is 7.90. The molecule has 7 nitrogen and oxygen atoms in total. The number of rotatable bonds is 4. The molecule has 2 aromatic heterocycles. The average Bonchev–Trinajstić information content (AvgIpc) is 3.50. The fourth-order valence-electron chi connectivity index (χ4n) is 5.19. The van der Waals surface area contributed by atoms with E-state index in [-0.39, 0.29) is 44.2 Å². The highest BCUT2D eigenvalue weighted by Gasteiger charge is 2.47. The summed E-state index contributed by atoms with van der Waals surface area (Å²) < 4.78 is 56.6. The number of nitrogen functional groups attached to an aromatic ring is 1. The highest BCUT2D eigenvalue weighted by molar-refractivity contribution is 5.97. The number of fused-ring (bicyclic) bond motifs is 1. The molecule has 2 N–H and O–H groups in total. The summed E-state index contributed by atoms with van der Waals surface area (Å²) in [4.78, 5) is 32.1. The zero-order valence-electron chi connectivity index (χ0n) is 19.8. The van der Waals surface area contributed by atoms with Crippen LogP contribution in [-0.4, -0.2) is 63.0 Å². The molecule has 0 spiro atoms. The molecular formula is C26H25F4N5O2. The second kappa shape index (κ2) is 9.53. The third kappa shape index (κ3) is 4.77. The van der Waals surface area contributed by atoms with Crippen LogP contribution in [0.3, 0.4) is 0 Å². The van der Waals surface area contributed by atoms with Crippen molar-refractivity contribution < 1.29 is 27.2 Å². The standard InChI is InChI=1S/C26H25F4N5O2/c27-19-3-1-4-20-24(19)18(14-34(20)15-23(36)35-10-2-5-21(35)26(28,29)30)16-7-11-33(12-8-16)25(37)17-6-9-32-22(31)13-17/h1,3-4,6-7,9,13-14,21H,2,5,8,10-12,15H2,(H2,31,32)/t21-/m0/s1. The van der Waals surface area contributed by atoms with Crippen LogP contribution in [0.2, 0.25) is 0 Å². The molecule has 1 atom stereocenters. The Hall–Kier alpha value is -3.89. The van der Waals surface area contributed by atoms with Crippen molar-refractivity contribution in [2.24, 2.45) is 0 Å². The van der Waals surface area contributed by atoms with Gasteiger partial charge in [-0.05, 0) is 49.1 Å². The summed E-state index contributed by atoms with van der Waals surface area (Å²) in [5.74, 6) is -1.10. The maximum atomic E-state index is 15.0. The quantitative estimate of drug-likeness (QED) is 0.527. The first-order valence-electron chi connectivity index (χ1n) is 12.0. The zero-order valence-corrected chi connectivity index (χ0v) is 19.8. The summed E-state index contributed by atoms with van der Waals surface area (Å²) in [7, 11) is 0. The van der Waals surface area contributed by atoms with Gasteiger partial charge < -0.3 is 20.1 Å². The van der Waals surface area contributed by atoms with Crippen molar-refractivity contribution in [3.05, 3.63) is 65.7 Å². The predicted octanol–water partition coefficient (Wildman–Crippen LogP) is 4.24. The van der Waals surface area contributed by atoms with Gasteiger partial charge in [0.15, 0.2) is 0 Å². The smallest absolute Gasteiger partial charge is 0.384 e. The Labute approximate surface area is 210 Å². The molecule has 37 heavy (non-hydrogen) atoms. The Morgan fingerprint density at radius 1 is 1.16 bits per heavy atom. The van der Waals surface area contributed by atoms with Gasteiger partial charge in [0, 0.05) is 48.5 Å². The number of carbonyl (C=O) groups is 2. The number of nitrogens with zero attached hydrogens (tertiary/aromatic N) is 4. The fraction of sp³-hybridized carbons (Fsp3) is 0.346. The molecule has 1 aromatic carbocycles. The third-order valence-electron chi connectivity index (χ3n) is 6.98. The molecule has 4 heterocycles. The first-order chi connectivity index (χ1) is 17.6. The maximum Gasteiger partial charge on any atom is 0.408 e. The summed E-state index contributed by atoms with van der Waals surface area (Å²) >= 11 is 0. The van der Waals surface area contributed by atoms with E-state index in [1.807, 2.05) is 6.08 Å². The summed E-state index contributed by atoms with van der Waals surface area (Å²) in [5, 5.41) is 0.303. The molecule has 0 bridgehead atoms. The van der Waals surface area contributed by atoms with Crippen LogP contribution < -0.4 is 5.73 Å². The minimum atomic E-state index is -4.49. The van der Waals surface area contributed by atoms with Crippen LogP contribution in [0.5, 0.6) is 0 Å². The van der Waals surface area contributed by atoms with E-state index in [1.54, 1.807) is 23.2 Å². The van der Waals surface area contributed by atoms with Gasteiger partial charge in [-0.1, -0.05) is 12.1 Å². The topological polar surface area (TPSA) is 84.5 Å². The molecule has 1 fully saturated rings. The van der Waals surface area contributed by atoms with Gasteiger partial charge >= 0.3 is 6.18 Å². The van der Waals surface area contributed by atoms with Gasteiger partial charge in [-0.3, -0.25) is 9.59 Å². The zero-order chi connectivity index (χ0) is 26.3. The fourth-order valence-corrected chi connectivity index (χ4v) is 5.19. The van der Waals surface area contributed by atoms with E-state index in [2.05, 4.69) is 4.98 Å². The normalized spacial score (nSPS) is 18.4. The molecule has 0 aliphatic carbocycles. The van der Waals surface area contributed by atoms with Crippen LogP contribution in [-0.2, 0) is 11.3 Å². The molecule has 2 aliphatic heterocycles. The van der Waals surface area contributed by atoms with Crippen LogP contribution in [0.4, 0.5) is 23.4 Å². The average molecular weight is 516 g/mol. The number of amides is 2. The molecule has 2 aliphatic rings. The van der Waals surface area contributed by atoms with Crippen molar-refractivity contribution in [1.82, 2.24) is 19.4 Å². The van der Waals surface area contributed by atoms with E-state index in [1.165, 1.54) is 29.0 Å². The van der Waals surface area contributed by atoms with Crippen LogP contribution in [0.15, 0.2) is 48.8 Å². The van der Waals surface area contributed by atoms with E-state index < -0.39 is 23.9 Å². The molecule has 2 amide bonds. The van der Waals surface area contributed by atoms with Crippen LogP contribution >= 0.6 is 0 Å². The first kappa shape index (κ1) is 24.8. The number of hydrogen-bond acceptors (Lipinski definition) is 4. The number of nitrogens with two attached hydrogens (primary N) is 1. The number of pyridine rings is 1. The van der Waals surface area contributed by atoms with Gasteiger partial charge in [0.25, 0.3) is 5.91 Å². The van der Waals surface area contributed by atoms with Gasteiger partial charge in [-0.25, -0.2) is 9.37 Å². The minimum absolute atomic E-state index is 0.0432. The lowest BCUT2D eigenvalue weighted by atomic mass is 9.98. The molecule has 3 aromatic rings. The lowest BCUT2D eigenvalue weighted by Crippen LogP contribution is -2.45. The second-order valence-corrected chi connectivity index (χ2v) is 9.29. The van der Waals surface area contributed by atoms with Crippen LogP contribution in [0.25, 0.3) is 16.5 Å². The minimum Gasteiger partial charge on any atom is -0.384 e. The summed E-state index contributed by atoms with van der Waals surface area (Å²) in [6, 6.07) is 5.76. The van der Waals surface area contributed by atoms with Crippen LogP contribution in [0, 0.1) is 5.82 Å². The van der Waals surface area contributed by atoms with Gasteiger partial charge in [0.1, 0.15) is 24.2 Å². The van der Waals surface area contributed by atoms with Crippen molar-refractivity contribution in [3.8, 4) is 0 Å². The Bertz CT molecular complexity index is 1400. The SMILES string of the molecule is Nc1cc(C(=O)N2CC=C(c3cn(CC(=O)N4CCC[C@H]4C(F)(F)F)c4cccc(F)c34)CC2)ccn1. The molecule has 0 unspecified atom stereocenters. The van der Waals surface area contributed by atoms with Crippen molar-refractivity contribution in [1.29, 1.82) is 0 Å². The molecule has 5 rings (SSSR count). The van der Waals surface area contributed by atoms with Gasteiger partial charge in [-0.15, -0.1) is 0 Å². The van der Waals surface area contributed by atoms with Crippen molar-refractivity contribution in [3.63, 3.8) is 0 Å². The molecule has 194 valence electrons. The summed E-state index contributed by atoms with van der Waals surface area (Å²) in [6.07, 6.45) is 1.05. The van der Waals surface area contributed by atoms with E-state index >= 15 is 0 Å². The Balaban J connectivity index is 1.41. The lowest BCUT2D eigenvalue weighted by molar-refractivity contribution is -0.182. The Kier molecular flexibility index (Phi) is 6.38. The first-order valence-corrected chi connectivity index (χ1v) is 12.0. The van der Waals surface area contributed by atoms with E-state index in [0.29, 0.717) is 35.0 Å². The highest BCUT2D eigenvalue weighted by Crippen LogP contribution is 2.35. The predicted molar refractivity (Wildman–Crippen MR) is 130 cm³/mol. The number of likely N-dealkylation sites (tertiary alicyclic amines) is 1. The molecule has 1 saturated heterocycles. The van der Waals surface area contributed by atoms with Gasteiger partial charge in [0.05, 0.1) is 5.52 Å². The Morgan fingerprint density at radius 3 is 2.68 bits per heavy atom. The van der Waals surface area contributed by atoms with E-state index in [9.17, 15) is 27.2 Å². The largest absolute Gasteiger partial charge is 0.408 e. The van der Waals surface area contributed by atoms with Crippen LogP contribution in [0.1, 0.15) is 35.2 Å². The Morgan fingerprint density at radius 2 is 1.97 bits per heavy atom. The third-order valence-corrected chi connectivity index (χ3v) is 6.98. The maximum absolute atomic E-state index is 15.0. The molecule has 0 radical (unpaired) electrons. The molecular weight excluding hydrogens is 490 g/mol. The number of benzene rings is 1. The number of hydrogen-bond donors (Lipinski definition) is 1. The number of anilines is 1. The van der Waals surface area contributed by atoms with E-state index in [0.717, 1.165) is 10.5 Å². The monoisotopic (exact) mass is 515 g/mol. The number of carbonyl (C=O) groups excluding carboxylic acids is 2. The molecule has 11 heteroatoms. The lowest BCUT2D eigenvalue weighted by Gasteiger charge is -2.27. The number of halogens is 4. The van der Waals surface area contributed by atoms with Crippen molar-refractivity contribution >= 4 is 34.1 Å². The van der Waals surface area contributed by atoms with Gasteiger partial charge in [-0.2, -0.15) is 13.2 Å². The van der Waals surface area contributed by atoms with Gasteiger partial charge in [0.2, 0.25) is 5.91 Å². The van der Waals surface area contributed by atoms with Crippen molar-refractivity contribution in [2.75, 3.05) is 25.4 Å². The summed E-state index contributed by atoms with van der Waals surface area (Å²) in [6.45, 7) is 0.390.